The lowest BCUT2D eigenvalue weighted by Crippen LogP contribution is -2.38. The molecule has 0 fully saturated rings. The average molecular weight is 479 g/mol. The van der Waals surface area contributed by atoms with Crippen molar-refractivity contribution < 1.29 is 14.3 Å². The van der Waals surface area contributed by atoms with E-state index in [0.29, 0.717) is 35.8 Å². The zero-order valence-corrected chi connectivity index (χ0v) is 20.9. The molecule has 1 unspecified atom stereocenters. The number of allylic oxidation sites excluding steroid dienone is 2. The van der Waals surface area contributed by atoms with Crippen molar-refractivity contribution in [1.82, 2.24) is 0 Å². The minimum Gasteiger partial charge on any atom is -0.465 e. The number of Topliss-reactive ketones (excluding diaryl/α,β-unsaturated/α-hetero) is 1. The molecule has 2 aromatic rings. The van der Waals surface area contributed by atoms with Crippen molar-refractivity contribution in [3.8, 4) is 0 Å². The van der Waals surface area contributed by atoms with Crippen LogP contribution < -0.4 is 4.90 Å². The van der Waals surface area contributed by atoms with Gasteiger partial charge in [-0.25, -0.2) is 0 Å². The highest BCUT2D eigenvalue weighted by atomic mass is 35.5. The summed E-state index contributed by atoms with van der Waals surface area (Å²) in [4.78, 5) is 33.6. The fourth-order valence-electron chi connectivity index (χ4n) is 4.97. The first-order valence-electron chi connectivity index (χ1n) is 11.8. The van der Waals surface area contributed by atoms with Crippen molar-refractivity contribution in [3.05, 3.63) is 76.0 Å². The maximum atomic E-state index is 13.6. The Bertz CT molecular complexity index is 1130. The van der Waals surface area contributed by atoms with E-state index >= 15 is 0 Å². The predicted octanol–water partition coefficient (Wildman–Crippen LogP) is 5.93. The number of hydrogen-bond acceptors (Lipinski definition) is 5. The summed E-state index contributed by atoms with van der Waals surface area (Å²) in [6, 6.07) is 15.7. The molecule has 4 rings (SSSR count). The monoisotopic (exact) mass is 478 g/mol. The number of anilines is 1. The van der Waals surface area contributed by atoms with Crippen LogP contribution in [0.4, 0.5) is 5.69 Å². The second kappa shape index (κ2) is 10.1. The van der Waals surface area contributed by atoms with Gasteiger partial charge in [-0.05, 0) is 61.1 Å². The Hall–Kier alpha value is -2.92. The van der Waals surface area contributed by atoms with Gasteiger partial charge >= 0.3 is 5.97 Å². The zero-order valence-electron chi connectivity index (χ0n) is 20.2. The van der Waals surface area contributed by atoms with Crippen LogP contribution in [-0.2, 0) is 14.3 Å². The van der Waals surface area contributed by atoms with Crippen LogP contribution in [0.5, 0.6) is 0 Å². The van der Waals surface area contributed by atoms with Gasteiger partial charge in [0.25, 0.3) is 0 Å². The van der Waals surface area contributed by atoms with Crippen molar-refractivity contribution in [1.29, 1.82) is 0 Å². The van der Waals surface area contributed by atoms with Crippen LogP contribution in [0, 0.1) is 5.92 Å². The van der Waals surface area contributed by atoms with E-state index in [1.54, 1.807) is 0 Å². The quantitative estimate of drug-likeness (QED) is 0.482. The molecule has 2 aliphatic rings. The topological polar surface area (TPSA) is 59.0 Å². The van der Waals surface area contributed by atoms with Crippen LogP contribution in [0.25, 0.3) is 0 Å². The summed E-state index contributed by atoms with van der Waals surface area (Å²) in [7, 11) is 3.97. The first-order chi connectivity index (χ1) is 16.3. The van der Waals surface area contributed by atoms with Gasteiger partial charge < -0.3 is 9.64 Å². The molecular weight excluding hydrogens is 448 g/mol. The molecule has 178 valence electrons. The van der Waals surface area contributed by atoms with Gasteiger partial charge in [0.15, 0.2) is 5.78 Å². The molecule has 5 nitrogen and oxygen atoms in total. The van der Waals surface area contributed by atoms with Crippen LogP contribution in [0.1, 0.15) is 56.1 Å². The minimum absolute atomic E-state index is 0.0421. The number of carbonyl (C=O) groups excluding carboxylic acids is 2. The van der Waals surface area contributed by atoms with E-state index < -0.39 is 11.8 Å². The summed E-state index contributed by atoms with van der Waals surface area (Å²) in [6.07, 6.45) is 1.79. The van der Waals surface area contributed by atoms with Gasteiger partial charge in [-0.1, -0.05) is 42.8 Å². The SMILES string of the molecule is CCCOC(=O)C1C(C)=NC2=C(C(=O)C[C@H](c3ccc(Cl)cc3)C2)[C@@H]1c1ccc(N(C)C)cc1. The predicted molar refractivity (Wildman–Crippen MR) is 137 cm³/mol. The summed E-state index contributed by atoms with van der Waals surface area (Å²) in [5.74, 6) is -1.23. The molecule has 34 heavy (non-hydrogen) atoms. The fraction of sp³-hybridized carbons (Fsp3) is 0.393. The Morgan fingerprint density at radius 2 is 1.71 bits per heavy atom. The smallest absolute Gasteiger partial charge is 0.315 e. The van der Waals surface area contributed by atoms with Crippen molar-refractivity contribution in [2.24, 2.45) is 10.9 Å². The number of esters is 1. The third kappa shape index (κ3) is 4.80. The Labute approximate surface area is 206 Å². The third-order valence-electron chi connectivity index (χ3n) is 6.70. The summed E-state index contributed by atoms with van der Waals surface area (Å²) in [5, 5.41) is 0.673. The van der Waals surface area contributed by atoms with E-state index in [1.807, 2.05) is 81.4 Å². The molecule has 3 atom stereocenters. The van der Waals surface area contributed by atoms with Gasteiger partial charge in [-0.2, -0.15) is 0 Å². The van der Waals surface area contributed by atoms with Crippen molar-refractivity contribution in [2.45, 2.75) is 44.9 Å². The molecule has 0 radical (unpaired) electrons. The normalized spacial score (nSPS) is 22.2. The van der Waals surface area contributed by atoms with Crippen LogP contribution in [0.2, 0.25) is 5.02 Å². The minimum atomic E-state index is -0.605. The average Bonchev–Trinajstić information content (AvgIpc) is 2.82. The third-order valence-corrected chi connectivity index (χ3v) is 6.95. The standard InChI is InChI=1S/C28H31ClN2O3/c1-5-14-34-28(33)25-17(2)30-23-15-20(18-6-10-21(29)11-7-18)16-24(32)27(23)26(25)19-8-12-22(13-9-19)31(3)4/h6-13,20,25-26H,5,14-16H2,1-4H3/t20-,25?,26-/m1/s1. The number of ether oxygens (including phenoxy) is 1. The second-order valence-corrected chi connectivity index (χ2v) is 9.74. The molecule has 0 saturated carbocycles. The second-order valence-electron chi connectivity index (χ2n) is 9.30. The number of ketones is 1. The number of rotatable bonds is 6. The lowest BCUT2D eigenvalue weighted by Gasteiger charge is -2.36. The number of nitrogens with zero attached hydrogens (tertiary/aromatic N) is 2. The Morgan fingerprint density at radius 3 is 2.32 bits per heavy atom. The number of hydrogen-bond donors (Lipinski definition) is 0. The molecule has 0 saturated heterocycles. The zero-order chi connectivity index (χ0) is 24.4. The summed E-state index contributed by atoms with van der Waals surface area (Å²) in [5.41, 5.74) is 5.22. The lowest BCUT2D eigenvalue weighted by atomic mass is 9.69. The van der Waals surface area contributed by atoms with Crippen molar-refractivity contribution in [2.75, 3.05) is 25.6 Å². The molecule has 0 N–H and O–H groups in total. The molecule has 1 aliphatic carbocycles. The summed E-state index contributed by atoms with van der Waals surface area (Å²) in [6.45, 7) is 4.20. The van der Waals surface area contributed by atoms with Crippen molar-refractivity contribution in [3.63, 3.8) is 0 Å². The highest BCUT2D eigenvalue weighted by molar-refractivity contribution is 6.30. The lowest BCUT2D eigenvalue weighted by molar-refractivity contribution is -0.146. The Kier molecular flexibility index (Phi) is 7.22. The maximum Gasteiger partial charge on any atom is 0.315 e. The van der Waals surface area contributed by atoms with Gasteiger partial charge in [-0.15, -0.1) is 0 Å². The molecule has 2 aromatic carbocycles. The Morgan fingerprint density at radius 1 is 1.06 bits per heavy atom. The van der Waals surface area contributed by atoms with Crippen LogP contribution in [0.15, 0.2) is 64.8 Å². The fourth-order valence-corrected chi connectivity index (χ4v) is 5.09. The van der Waals surface area contributed by atoms with E-state index in [0.717, 1.165) is 28.9 Å². The first-order valence-corrected chi connectivity index (χ1v) is 12.2. The van der Waals surface area contributed by atoms with E-state index in [4.69, 9.17) is 21.3 Å². The first kappa shape index (κ1) is 24.2. The summed E-state index contributed by atoms with van der Waals surface area (Å²) >= 11 is 6.06. The van der Waals surface area contributed by atoms with Crippen LogP contribution in [0.3, 0.4) is 0 Å². The highest BCUT2D eigenvalue weighted by Gasteiger charge is 2.44. The Balaban J connectivity index is 1.76. The number of aliphatic imine (C=N–C) groups is 1. The van der Waals surface area contributed by atoms with Gasteiger partial charge in [0.05, 0.1) is 6.61 Å². The van der Waals surface area contributed by atoms with Crippen molar-refractivity contribution >= 4 is 34.8 Å². The van der Waals surface area contributed by atoms with E-state index in [-0.39, 0.29) is 17.7 Å². The van der Waals surface area contributed by atoms with Gasteiger partial charge in [-0.3, -0.25) is 14.6 Å². The maximum absolute atomic E-state index is 13.6. The molecule has 0 amide bonds. The number of carbonyl (C=O) groups is 2. The molecule has 0 bridgehead atoms. The molecule has 0 spiro atoms. The van der Waals surface area contributed by atoms with E-state index in [2.05, 4.69) is 0 Å². The highest BCUT2D eigenvalue weighted by Crippen LogP contribution is 2.47. The van der Waals surface area contributed by atoms with E-state index in [9.17, 15) is 9.59 Å². The van der Waals surface area contributed by atoms with Gasteiger partial charge in [0.2, 0.25) is 0 Å². The van der Waals surface area contributed by atoms with Crippen LogP contribution in [-0.4, -0.2) is 38.2 Å². The molecule has 0 aromatic heterocycles. The number of halogens is 1. The number of benzene rings is 2. The molecule has 6 heteroatoms. The van der Waals surface area contributed by atoms with Gasteiger partial charge in [0, 0.05) is 54.1 Å². The van der Waals surface area contributed by atoms with Crippen LogP contribution >= 0.6 is 11.6 Å². The molecule has 1 aliphatic heterocycles. The molecular formula is C28H31ClN2O3. The van der Waals surface area contributed by atoms with Gasteiger partial charge in [0.1, 0.15) is 5.92 Å². The largest absolute Gasteiger partial charge is 0.465 e. The summed E-state index contributed by atoms with van der Waals surface area (Å²) < 4.78 is 5.56. The molecule has 1 heterocycles. The van der Waals surface area contributed by atoms with E-state index in [1.165, 1.54) is 0 Å².